The largest absolute Gasteiger partial charge is 0.419 e. The number of hydrogen-bond donors (Lipinski definition) is 1. The van der Waals surface area contributed by atoms with Crippen molar-refractivity contribution in [2.24, 2.45) is 0 Å². The highest BCUT2D eigenvalue weighted by atomic mass is 32.2. The maximum Gasteiger partial charge on any atom is 0.247 e. The Morgan fingerprint density at radius 1 is 1.18 bits per heavy atom. The van der Waals surface area contributed by atoms with Crippen LogP contribution in [0.1, 0.15) is 18.1 Å². The number of aromatic nitrogens is 4. The fourth-order valence-corrected chi connectivity index (χ4v) is 3.55. The first-order valence-electron chi connectivity index (χ1n) is 6.43. The van der Waals surface area contributed by atoms with Crippen molar-refractivity contribution in [3.63, 3.8) is 0 Å². The van der Waals surface area contributed by atoms with E-state index in [4.69, 9.17) is 4.42 Å². The number of hydrogen-bond acceptors (Lipinski definition) is 8. The Hall–Kier alpha value is -2.00. The molecule has 0 aliphatic carbocycles. The van der Waals surface area contributed by atoms with Crippen molar-refractivity contribution in [1.82, 2.24) is 20.4 Å². The van der Waals surface area contributed by atoms with E-state index in [1.165, 1.54) is 35.2 Å². The number of anilines is 1. The number of halogens is 1. The van der Waals surface area contributed by atoms with E-state index in [0.29, 0.717) is 17.3 Å². The standard InChI is InChI=1S/C13H12FN5OS2/c1-7(21-13-19-18-12(15-2)22-13)10-16-17-11(20-10)8-3-5-9(14)6-4-8/h3-7H,1-2H3,(H,15,18)/t7-/m1/s1. The van der Waals surface area contributed by atoms with Crippen molar-refractivity contribution >= 4 is 28.2 Å². The van der Waals surface area contributed by atoms with Gasteiger partial charge in [-0.25, -0.2) is 4.39 Å². The third kappa shape index (κ3) is 3.25. The summed E-state index contributed by atoms with van der Waals surface area (Å²) in [5.41, 5.74) is 0.686. The van der Waals surface area contributed by atoms with Gasteiger partial charge in [0.05, 0.1) is 5.25 Å². The minimum atomic E-state index is -0.302. The van der Waals surface area contributed by atoms with Gasteiger partial charge in [0.25, 0.3) is 0 Å². The van der Waals surface area contributed by atoms with Crippen LogP contribution in [0.15, 0.2) is 33.0 Å². The van der Waals surface area contributed by atoms with Crippen LogP contribution in [0.25, 0.3) is 11.5 Å². The molecule has 0 aliphatic heterocycles. The van der Waals surface area contributed by atoms with Gasteiger partial charge in [-0.1, -0.05) is 23.1 Å². The normalized spacial score (nSPS) is 12.3. The highest BCUT2D eigenvalue weighted by molar-refractivity contribution is 8.01. The fourth-order valence-electron chi connectivity index (χ4n) is 1.67. The molecule has 3 rings (SSSR count). The lowest BCUT2D eigenvalue weighted by Gasteiger charge is -2.02. The molecule has 0 bridgehead atoms. The molecule has 0 saturated heterocycles. The lowest BCUT2D eigenvalue weighted by molar-refractivity contribution is 0.509. The minimum Gasteiger partial charge on any atom is -0.419 e. The summed E-state index contributed by atoms with van der Waals surface area (Å²) in [5.74, 6) is 0.560. The maximum absolute atomic E-state index is 12.9. The summed E-state index contributed by atoms with van der Waals surface area (Å²) in [6, 6.07) is 5.93. The van der Waals surface area contributed by atoms with Crippen LogP contribution in [-0.4, -0.2) is 27.4 Å². The molecule has 114 valence electrons. The molecule has 2 aromatic heterocycles. The van der Waals surface area contributed by atoms with E-state index in [-0.39, 0.29) is 11.1 Å². The Morgan fingerprint density at radius 2 is 1.95 bits per heavy atom. The highest BCUT2D eigenvalue weighted by Gasteiger charge is 2.18. The SMILES string of the molecule is CNc1nnc(S[C@H](C)c2nnc(-c3ccc(F)cc3)o2)s1. The maximum atomic E-state index is 12.9. The topological polar surface area (TPSA) is 76.7 Å². The van der Waals surface area contributed by atoms with Crippen LogP contribution in [-0.2, 0) is 0 Å². The number of benzene rings is 1. The van der Waals surface area contributed by atoms with E-state index in [1.807, 2.05) is 6.92 Å². The number of nitrogens with one attached hydrogen (secondary N) is 1. The number of thioether (sulfide) groups is 1. The quantitative estimate of drug-likeness (QED) is 0.712. The Kier molecular flexibility index (Phi) is 4.34. The molecule has 22 heavy (non-hydrogen) atoms. The average Bonchev–Trinajstić information content (AvgIpc) is 3.17. The monoisotopic (exact) mass is 337 g/mol. The van der Waals surface area contributed by atoms with Crippen LogP contribution < -0.4 is 5.32 Å². The van der Waals surface area contributed by atoms with Crippen molar-refractivity contribution in [1.29, 1.82) is 0 Å². The molecule has 6 nitrogen and oxygen atoms in total. The summed E-state index contributed by atoms with van der Waals surface area (Å²) in [4.78, 5) is 0. The van der Waals surface area contributed by atoms with Gasteiger partial charge in [-0.3, -0.25) is 0 Å². The van der Waals surface area contributed by atoms with Gasteiger partial charge in [-0.15, -0.1) is 20.4 Å². The summed E-state index contributed by atoms with van der Waals surface area (Å²) < 4.78 is 19.4. The smallest absolute Gasteiger partial charge is 0.247 e. The Labute approximate surface area is 134 Å². The first-order chi connectivity index (χ1) is 10.7. The molecule has 0 spiro atoms. The van der Waals surface area contributed by atoms with Gasteiger partial charge in [0, 0.05) is 12.6 Å². The molecule has 0 aliphatic rings. The molecule has 0 radical (unpaired) electrons. The van der Waals surface area contributed by atoms with Crippen LogP contribution in [0.2, 0.25) is 0 Å². The molecule has 2 heterocycles. The van der Waals surface area contributed by atoms with Crippen molar-refractivity contribution in [2.75, 3.05) is 12.4 Å². The lowest BCUT2D eigenvalue weighted by atomic mass is 10.2. The molecule has 0 fully saturated rings. The molecule has 1 N–H and O–H groups in total. The fraction of sp³-hybridized carbons (Fsp3) is 0.231. The van der Waals surface area contributed by atoms with Gasteiger partial charge < -0.3 is 9.73 Å². The minimum absolute atomic E-state index is 0.0562. The third-order valence-electron chi connectivity index (χ3n) is 2.78. The van der Waals surface area contributed by atoms with Crippen molar-refractivity contribution in [3.8, 4) is 11.5 Å². The highest BCUT2D eigenvalue weighted by Crippen LogP contribution is 2.37. The molecular weight excluding hydrogens is 325 g/mol. The van der Waals surface area contributed by atoms with Gasteiger partial charge in [0.1, 0.15) is 5.82 Å². The first kappa shape index (κ1) is 14.9. The Morgan fingerprint density at radius 3 is 2.64 bits per heavy atom. The van der Waals surface area contributed by atoms with E-state index in [0.717, 1.165) is 9.47 Å². The van der Waals surface area contributed by atoms with Crippen molar-refractivity contribution in [3.05, 3.63) is 36.0 Å². The second-order valence-electron chi connectivity index (χ2n) is 4.34. The molecular formula is C13H12FN5OS2. The summed E-state index contributed by atoms with van der Waals surface area (Å²) in [6.07, 6.45) is 0. The van der Waals surface area contributed by atoms with E-state index in [1.54, 1.807) is 19.2 Å². The zero-order chi connectivity index (χ0) is 15.5. The van der Waals surface area contributed by atoms with Crippen LogP contribution >= 0.6 is 23.1 Å². The Bertz CT molecular complexity index is 758. The molecule has 3 aromatic rings. The molecule has 0 saturated carbocycles. The van der Waals surface area contributed by atoms with Gasteiger partial charge >= 0.3 is 0 Å². The first-order valence-corrected chi connectivity index (χ1v) is 8.12. The molecule has 9 heteroatoms. The zero-order valence-corrected chi connectivity index (χ0v) is 13.4. The van der Waals surface area contributed by atoms with Gasteiger partial charge in [-0.2, -0.15) is 0 Å². The lowest BCUT2D eigenvalue weighted by Crippen LogP contribution is -1.88. The molecule has 0 unspecified atom stereocenters. The van der Waals surface area contributed by atoms with Gasteiger partial charge in [-0.05, 0) is 31.2 Å². The second kappa shape index (κ2) is 6.41. The number of rotatable bonds is 5. The predicted octanol–water partition coefficient (Wildman–Crippen LogP) is 3.62. The third-order valence-corrected chi connectivity index (χ3v) is 4.89. The average molecular weight is 337 g/mol. The predicted molar refractivity (Wildman–Crippen MR) is 83.4 cm³/mol. The van der Waals surface area contributed by atoms with E-state index in [9.17, 15) is 4.39 Å². The Balaban J connectivity index is 1.73. The van der Waals surface area contributed by atoms with Crippen LogP contribution in [0.4, 0.5) is 9.52 Å². The second-order valence-corrected chi connectivity index (χ2v) is 6.90. The molecule has 0 amide bonds. The summed E-state index contributed by atoms with van der Waals surface area (Å²) in [7, 11) is 1.80. The van der Waals surface area contributed by atoms with Crippen LogP contribution in [0.3, 0.4) is 0 Å². The van der Waals surface area contributed by atoms with E-state index in [2.05, 4.69) is 25.7 Å². The summed E-state index contributed by atoms with van der Waals surface area (Å²) in [6.45, 7) is 1.95. The van der Waals surface area contributed by atoms with E-state index < -0.39 is 0 Å². The molecule has 1 aromatic carbocycles. The van der Waals surface area contributed by atoms with Gasteiger partial charge in [0.2, 0.25) is 16.9 Å². The van der Waals surface area contributed by atoms with Gasteiger partial charge in [0.15, 0.2) is 4.34 Å². The van der Waals surface area contributed by atoms with Crippen LogP contribution in [0, 0.1) is 5.82 Å². The summed E-state index contributed by atoms with van der Waals surface area (Å²) >= 11 is 2.95. The van der Waals surface area contributed by atoms with E-state index >= 15 is 0 Å². The molecule has 1 atom stereocenters. The van der Waals surface area contributed by atoms with Crippen molar-refractivity contribution < 1.29 is 8.81 Å². The van der Waals surface area contributed by atoms with Crippen molar-refractivity contribution in [2.45, 2.75) is 16.5 Å². The zero-order valence-electron chi connectivity index (χ0n) is 11.8. The summed E-state index contributed by atoms with van der Waals surface area (Å²) in [5, 5.41) is 19.7. The van der Waals surface area contributed by atoms with Crippen LogP contribution in [0.5, 0.6) is 0 Å². The number of nitrogens with zero attached hydrogens (tertiary/aromatic N) is 4.